The largest absolute Gasteiger partial charge is 0.454 e. The van der Waals surface area contributed by atoms with Crippen molar-refractivity contribution in [2.24, 2.45) is 0 Å². The molecule has 0 saturated carbocycles. The zero-order valence-corrected chi connectivity index (χ0v) is 46.6. The molecule has 83 heavy (non-hydrogen) atoms. The fourth-order valence-corrected chi connectivity index (χ4v) is 14.5. The lowest BCUT2D eigenvalue weighted by Crippen LogP contribution is -2.26. The Hall–Kier alpha value is -10.2. The van der Waals surface area contributed by atoms with Gasteiger partial charge in [0, 0.05) is 44.3 Å². The van der Waals surface area contributed by atoms with Gasteiger partial charge in [0.15, 0.2) is 11.2 Å². The van der Waals surface area contributed by atoms with Crippen LogP contribution in [0, 0.1) is 0 Å². The Kier molecular flexibility index (Phi) is 10.3. The molecule has 2 aromatic heterocycles. The topological polar surface area (TPSA) is 32.8 Å². The van der Waals surface area contributed by atoms with Gasteiger partial charge < -0.3 is 18.6 Å². The standard InChI is InChI=1S/C79H56N2O2/c1-47(2)49-27-34-55(35-28-49)80(71-23-13-20-64-61-17-8-11-25-73(61)82-77(64)71)57-38-31-52-45-67-63-40-32-53-43-58(81(56-36-29-50(30-37-56)48(3)4)72-24-14-21-65-62-18-9-12-26-74(62)83-78(65)72)39-41-60(53)76(63)79(70(67)46-54(52)44-57)68-22-10-7-19-66(68)75-59-16-6-5-15-51(59)33-42-69(75)79/h5-48H,1-4H3. The van der Waals surface area contributed by atoms with Crippen LogP contribution in [-0.2, 0) is 5.41 Å². The van der Waals surface area contributed by atoms with Crippen LogP contribution in [0.3, 0.4) is 0 Å². The van der Waals surface area contributed by atoms with Gasteiger partial charge in [0.2, 0.25) is 0 Å². The highest BCUT2D eigenvalue weighted by atomic mass is 16.3. The first-order valence-electron chi connectivity index (χ1n) is 29.2. The van der Waals surface area contributed by atoms with E-state index < -0.39 is 5.41 Å². The monoisotopic (exact) mass is 1060 g/mol. The number of furan rings is 2. The van der Waals surface area contributed by atoms with E-state index in [9.17, 15) is 0 Å². The maximum Gasteiger partial charge on any atom is 0.159 e. The Morgan fingerprint density at radius 3 is 1.47 bits per heavy atom. The van der Waals surface area contributed by atoms with E-state index in [1.54, 1.807) is 0 Å². The zero-order chi connectivity index (χ0) is 55.2. The quantitative estimate of drug-likeness (QED) is 0.152. The molecule has 15 aromatic rings. The van der Waals surface area contributed by atoms with Crippen LogP contribution in [0.4, 0.5) is 34.1 Å². The van der Waals surface area contributed by atoms with E-state index >= 15 is 0 Å². The van der Waals surface area contributed by atoms with E-state index in [1.165, 1.54) is 88.0 Å². The summed E-state index contributed by atoms with van der Waals surface area (Å²) in [5.74, 6) is 0.815. The third kappa shape index (κ3) is 6.87. The molecular weight excluding hydrogens is 1010 g/mol. The van der Waals surface area contributed by atoms with Gasteiger partial charge in [-0.15, -0.1) is 0 Å². The minimum Gasteiger partial charge on any atom is -0.454 e. The first-order valence-corrected chi connectivity index (χ1v) is 29.2. The van der Waals surface area contributed by atoms with Gasteiger partial charge in [-0.25, -0.2) is 0 Å². The number of hydrogen-bond donors (Lipinski definition) is 0. The Bertz CT molecular complexity index is 5180. The predicted molar refractivity (Wildman–Crippen MR) is 347 cm³/mol. The van der Waals surface area contributed by atoms with E-state index in [2.05, 4.69) is 292 Å². The maximum absolute atomic E-state index is 6.81. The van der Waals surface area contributed by atoms with E-state index in [4.69, 9.17) is 8.83 Å². The van der Waals surface area contributed by atoms with Gasteiger partial charge in [-0.3, -0.25) is 0 Å². The second-order valence-corrected chi connectivity index (χ2v) is 23.5. The summed E-state index contributed by atoms with van der Waals surface area (Å²) in [6.07, 6.45) is 0. The van der Waals surface area contributed by atoms with E-state index in [1.807, 2.05) is 0 Å². The second-order valence-electron chi connectivity index (χ2n) is 23.5. The highest BCUT2D eigenvalue weighted by molar-refractivity contribution is 6.14. The number of hydrogen-bond acceptors (Lipinski definition) is 4. The molecule has 2 aliphatic rings. The number of rotatable bonds is 8. The van der Waals surface area contributed by atoms with Crippen LogP contribution in [0.5, 0.6) is 0 Å². The summed E-state index contributed by atoms with van der Waals surface area (Å²) in [7, 11) is 0. The average Bonchev–Trinajstić information content (AvgIpc) is 1.54. The van der Waals surface area contributed by atoms with Crippen molar-refractivity contribution < 1.29 is 8.83 Å². The molecule has 2 aliphatic carbocycles. The molecule has 4 heteroatoms. The molecule has 394 valence electrons. The first-order chi connectivity index (χ1) is 40.8. The molecule has 4 nitrogen and oxygen atoms in total. The van der Waals surface area contributed by atoms with Crippen LogP contribution in [0.25, 0.3) is 98.4 Å². The third-order valence-electron chi connectivity index (χ3n) is 18.4. The third-order valence-corrected chi connectivity index (χ3v) is 18.4. The Balaban J connectivity index is 0.906. The van der Waals surface area contributed by atoms with Crippen molar-refractivity contribution in [3.8, 4) is 22.3 Å². The van der Waals surface area contributed by atoms with Crippen LogP contribution >= 0.6 is 0 Å². The fourth-order valence-electron chi connectivity index (χ4n) is 14.5. The molecule has 0 radical (unpaired) electrons. The van der Waals surface area contributed by atoms with Gasteiger partial charge >= 0.3 is 0 Å². The minimum atomic E-state index is -0.648. The number of nitrogens with zero attached hydrogens (tertiary/aromatic N) is 2. The lowest BCUT2D eigenvalue weighted by atomic mass is 9.69. The van der Waals surface area contributed by atoms with Crippen LogP contribution in [0.15, 0.2) is 264 Å². The molecule has 0 amide bonds. The summed E-state index contributed by atoms with van der Waals surface area (Å²) in [5.41, 5.74) is 22.1. The molecule has 17 rings (SSSR count). The summed E-state index contributed by atoms with van der Waals surface area (Å²) in [5, 5.41) is 11.7. The molecule has 0 aliphatic heterocycles. The highest BCUT2D eigenvalue weighted by Crippen LogP contribution is 2.66. The Morgan fingerprint density at radius 2 is 0.831 bits per heavy atom. The van der Waals surface area contributed by atoms with E-state index in [0.717, 1.165) is 78.0 Å². The lowest BCUT2D eigenvalue weighted by molar-refractivity contribution is 0.668. The SMILES string of the molecule is CC(C)c1ccc(N(c2ccc3cc4c(cc3c2)C2(c3ccccc3-c3c2ccc2ccccc32)c2c-4ccc3cc(N(c4ccc(C(C)C)cc4)c4cccc5c4oc4ccccc45)ccc23)c2cccc3c2oc2ccccc23)cc1. The summed E-state index contributed by atoms with van der Waals surface area (Å²) in [4.78, 5) is 4.78. The lowest BCUT2D eigenvalue weighted by Gasteiger charge is -2.32. The summed E-state index contributed by atoms with van der Waals surface area (Å²) >= 11 is 0. The molecule has 0 fully saturated rings. The maximum atomic E-state index is 6.81. The van der Waals surface area contributed by atoms with Gasteiger partial charge in [0.05, 0.1) is 16.8 Å². The summed E-state index contributed by atoms with van der Waals surface area (Å²) < 4.78 is 13.6. The zero-order valence-electron chi connectivity index (χ0n) is 46.6. The molecule has 1 spiro atoms. The molecule has 0 bridgehead atoms. The fraction of sp³-hybridized carbons (Fsp3) is 0.0886. The van der Waals surface area contributed by atoms with Crippen LogP contribution in [0.1, 0.15) is 72.9 Å². The second kappa shape index (κ2) is 17.9. The summed E-state index contributed by atoms with van der Waals surface area (Å²) in [6.45, 7) is 9.02. The van der Waals surface area contributed by atoms with Crippen molar-refractivity contribution in [3.63, 3.8) is 0 Å². The van der Waals surface area contributed by atoms with Gasteiger partial charge in [-0.05, 0) is 185 Å². The van der Waals surface area contributed by atoms with Gasteiger partial charge in [0.25, 0.3) is 0 Å². The molecule has 0 saturated heterocycles. The van der Waals surface area contributed by atoms with Crippen LogP contribution in [0.2, 0.25) is 0 Å². The van der Waals surface area contributed by atoms with Crippen molar-refractivity contribution in [1.82, 2.24) is 0 Å². The van der Waals surface area contributed by atoms with Gasteiger partial charge in [-0.1, -0.05) is 198 Å². The molecule has 13 aromatic carbocycles. The smallest absolute Gasteiger partial charge is 0.159 e. The molecule has 2 heterocycles. The van der Waals surface area contributed by atoms with Crippen LogP contribution in [-0.4, -0.2) is 0 Å². The van der Waals surface area contributed by atoms with Gasteiger partial charge in [-0.2, -0.15) is 0 Å². The Morgan fingerprint density at radius 1 is 0.313 bits per heavy atom. The Labute approximate surface area is 481 Å². The van der Waals surface area contributed by atoms with Crippen molar-refractivity contribution in [1.29, 1.82) is 0 Å². The highest BCUT2D eigenvalue weighted by Gasteiger charge is 2.53. The van der Waals surface area contributed by atoms with Crippen molar-refractivity contribution in [3.05, 3.63) is 288 Å². The van der Waals surface area contributed by atoms with E-state index in [0.29, 0.717) is 11.8 Å². The molecule has 1 unspecified atom stereocenters. The van der Waals surface area contributed by atoms with Crippen molar-refractivity contribution >= 4 is 110 Å². The minimum absolute atomic E-state index is 0.407. The number of benzene rings is 13. The van der Waals surface area contributed by atoms with Crippen molar-refractivity contribution in [2.45, 2.75) is 44.9 Å². The molecule has 1 atom stereocenters. The first kappa shape index (κ1) is 47.6. The van der Waals surface area contributed by atoms with Crippen LogP contribution < -0.4 is 9.80 Å². The number of anilines is 6. The average molecular weight is 1070 g/mol. The number of fused-ring (bicyclic) bond motifs is 21. The van der Waals surface area contributed by atoms with Crippen molar-refractivity contribution in [2.75, 3.05) is 9.80 Å². The van der Waals surface area contributed by atoms with E-state index in [-0.39, 0.29) is 0 Å². The molecule has 0 N–H and O–H groups in total. The normalized spacial score (nSPS) is 14.3. The molecular formula is C79H56N2O2. The summed E-state index contributed by atoms with van der Waals surface area (Å²) in [6, 6.07) is 94.9. The van der Waals surface area contributed by atoms with Gasteiger partial charge in [0.1, 0.15) is 11.2 Å². The number of para-hydroxylation sites is 4. The predicted octanol–water partition coefficient (Wildman–Crippen LogP) is 22.5.